The Bertz CT molecular complexity index is 636. The van der Waals surface area contributed by atoms with E-state index in [1.54, 1.807) is 0 Å². The van der Waals surface area contributed by atoms with Gasteiger partial charge in [-0.05, 0) is 13.3 Å². The van der Waals surface area contributed by atoms with Crippen molar-refractivity contribution in [3.63, 3.8) is 0 Å². The fourth-order valence-corrected chi connectivity index (χ4v) is 7.09. The summed E-state index contributed by atoms with van der Waals surface area (Å²) in [6.07, 6.45) is 1.06. The van der Waals surface area contributed by atoms with Crippen molar-refractivity contribution in [1.82, 2.24) is 0 Å². The quantitative estimate of drug-likeness (QED) is 0.617. The molecule has 0 N–H and O–H groups in total. The van der Waals surface area contributed by atoms with Crippen molar-refractivity contribution < 1.29 is 9.30 Å². The molecule has 1 aliphatic rings. The first-order valence-electron chi connectivity index (χ1n) is 7.94. The van der Waals surface area contributed by atoms with E-state index in [2.05, 4.69) is 20.8 Å². The highest BCUT2D eigenvalue weighted by molar-refractivity contribution is 7.79. The van der Waals surface area contributed by atoms with Gasteiger partial charge in [0.05, 0.1) is 6.10 Å². The highest BCUT2D eigenvalue weighted by Gasteiger charge is 2.61. The van der Waals surface area contributed by atoms with Crippen molar-refractivity contribution in [2.45, 2.75) is 44.6 Å². The summed E-state index contributed by atoms with van der Waals surface area (Å²) in [6, 6.07) is 19.7. The molecule has 0 amide bonds. The highest BCUT2D eigenvalue weighted by Crippen LogP contribution is 2.60. The van der Waals surface area contributed by atoms with Gasteiger partial charge >= 0.3 is 0 Å². The van der Waals surface area contributed by atoms with Crippen molar-refractivity contribution in [2.24, 2.45) is 0 Å². The van der Waals surface area contributed by atoms with E-state index in [-0.39, 0.29) is 17.4 Å². The number of benzene rings is 2. The van der Waals surface area contributed by atoms with Crippen LogP contribution in [0.25, 0.3) is 0 Å². The molecule has 116 valence electrons. The van der Waals surface area contributed by atoms with Crippen molar-refractivity contribution >= 4 is 17.8 Å². The van der Waals surface area contributed by atoms with Crippen LogP contribution in [0, 0.1) is 0 Å². The van der Waals surface area contributed by atoms with Crippen molar-refractivity contribution in [3.05, 3.63) is 60.7 Å². The fourth-order valence-electron chi connectivity index (χ4n) is 3.60. The molecule has 0 bridgehead atoms. The van der Waals surface area contributed by atoms with Gasteiger partial charge in [-0.25, -0.2) is 0 Å². The van der Waals surface area contributed by atoms with Crippen molar-refractivity contribution in [2.75, 3.05) is 0 Å². The Morgan fingerprint density at radius 3 is 1.77 bits per heavy atom. The molecule has 1 aliphatic heterocycles. The minimum Gasteiger partial charge on any atom is -0.366 e. The topological polar surface area (TPSA) is 29.6 Å². The summed E-state index contributed by atoms with van der Waals surface area (Å²) in [7, 11) is -2.75. The minimum absolute atomic E-state index is 0.0372. The molecule has 0 aromatic heterocycles. The third-order valence-electron chi connectivity index (χ3n) is 5.11. The maximum Gasteiger partial charge on any atom is 0.148 e. The van der Waals surface area contributed by atoms with E-state index in [0.29, 0.717) is 0 Å². The Hall–Kier alpha value is -1.37. The number of ether oxygens (including phenoxy) is 1. The Balaban J connectivity index is 2.15. The maximum absolute atomic E-state index is 14.2. The molecule has 0 saturated carbocycles. The van der Waals surface area contributed by atoms with Crippen LogP contribution in [0.4, 0.5) is 0 Å². The molecule has 1 fully saturated rings. The first-order valence-corrected chi connectivity index (χ1v) is 9.72. The van der Waals surface area contributed by atoms with Crippen LogP contribution in [0.3, 0.4) is 0 Å². The van der Waals surface area contributed by atoms with Gasteiger partial charge in [-0.2, -0.15) is 0 Å². The summed E-state index contributed by atoms with van der Waals surface area (Å²) in [5.74, 6) is 0. The van der Waals surface area contributed by atoms with Gasteiger partial charge in [0, 0.05) is 16.3 Å². The van der Waals surface area contributed by atoms with Gasteiger partial charge in [0.25, 0.3) is 0 Å². The highest BCUT2D eigenvalue weighted by atomic mass is 31.2. The summed E-state index contributed by atoms with van der Waals surface area (Å²) >= 11 is 0. The van der Waals surface area contributed by atoms with Gasteiger partial charge < -0.3 is 9.30 Å². The first kappa shape index (κ1) is 15.5. The van der Waals surface area contributed by atoms with E-state index in [1.807, 2.05) is 60.7 Å². The average Bonchev–Trinajstić information content (AvgIpc) is 3.26. The van der Waals surface area contributed by atoms with Crippen LogP contribution in [0.1, 0.15) is 27.2 Å². The zero-order chi connectivity index (χ0) is 15.8. The lowest BCUT2D eigenvalue weighted by Crippen LogP contribution is -2.36. The molecule has 3 rings (SSSR count). The van der Waals surface area contributed by atoms with Crippen LogP contribution >= 0.6 is 7.14 Å². The van der Waals surface area contributed by atoms with Crippen molar-refractivity contribution in [3.8, 4) is 0 Å². The maximum atomic E-state index is 14.2. The summed E-state index contributed by atoms with van der Waals surface area (Å²) in [5, 5.41) is 1.84. The van der Waals surface area contributed by atoms with Crippen molar-refractivity contribution in [1.29, 1.82) is 0 Å². The van der Waals surface area contributed by atoms with Gasteiger partial charge in [0.2, 0.25) is 0 Å². The molecule has 3 heteroatoms. The average molecular weight is 314 g/mol. The van der Waals surface area contributed by atoms with Gasteiger partial charge in [-0.3, -0.25) is 0 Å². The molecule has 2 nitrogen and oxygen atoms in total. The normalized spacial score (nSPS) is 25.7. The summed E-state index contributed by atoms with van der Waals surface area (Å²) in [5.41, 5.74) is -0.300. The molecule has 1 saturated heterocycles. The Morgan fingerprint density at radius 1 is 1.05 bits per heavy atom. The Kier molecular flexibility index (Phi) is 4.01. The van der Waals surface area contributed by atoms with E-state index in [0.717, 1.165) is 17.0 Å². The lowest BCUT2D eigenvalue weighted by molar-refractivity contribution is 0.283. The molecule has 2 aromatic carbocycles. The Morgan fingerprint density at radius 2 is 1.45 bits per heavy atom. The smallest absolute Gasteiger partial charge is 0.148 e. The van der Waals surface area contributed by atoms with Crippen LogP contribution in [0.15, 0.2) is 60.7 Å². The number of hydrogen-bond acceptors (Lipinski definition) is 2. The third-order valence-corrected chi connectivity index (χ3v) is 8.77. The van der Waals surface area contributed by atoms with E-state index >= 15 is 0 Å². The molecular formula is C19H23O2P. The molecule has 2 aromatic rings. The molecule has 0 radical (unpaired) electrons. The van der Waals surface area contributed by atoms with Crippen LogP contribution in [-0.2, 0) is 9.30 Å². The number of epoxide rings is 1. The predicted molar refractivity (Wildman–Crippen MR) is 92.8 cm³/mol. The second kappa shape index (κ2) is 5.68. The second-order valence-electron chi connectivity index (χ2n) is 6.07. The van der Waals surface area contributed by atoms with Gasteiger partial charge in [-0.1, -0.05) is 74.5 Å². The van der Waals surface area contributed by atoms with E-state index in [1.165, 1.54) is 0 Å². The number of rotatable bonds is 5. The van der Waals surface area contributed by atoms with Crippen LogP contribution in [-0.4, -0.2) is 17.4 Å². The molecule has 0 spiro atoms. The van der Waals surface area contributed by atoms with Crippen LogP contribution in [0.5, 0.6) is 0 Å². The molecule has 22 heavy (non-hydrogen) atoms. The minimum atomic E-state index is -2.75. The van der Waals surface area contributed by atoms with Crippen LogP contribution in [0.2, 0.25) is 0 Å². The fraction of sp³-hybridized carbons (Fsp3) is 0.368. The molecular weight excluding hydrogens is 291 g/mol. The summed E-state index contributed by atoms with van der Waals surface area (Å²) in [4.78, 5) is 0. The molecule has 1 heterocycles. The van der Waals surface area contributed by atoms with E-state index in [4.69, 9.17) is 4.74 Å². The monoisotopic (exact) mass is 314 g/mol. The second-order valence-corrected chi connectivity index (χ2v) is 9.20. The molecule has 0 unspecified atom stereocenters. The predicted octanol–water partition coefficient (Wildman–Crippen LogP) is 3.96. The zero-order valence-corrected chi connectivity index (χ0v) is 14.3. The SMILES string of the molecule is CC[C@]1([C@@H](C)P(=O)(c2ccccc2)c2ccccc2)O[C@@H]1C. The largest absolute Gasteiger partial charge is 0.366 e. The van der Waals surface area contributed by atoms with E-state index in [9.17, 15) is 4.57 Å². The lowest BCUT2D eigenvalue weighted by Gasteiger charge is -2.30. The third kappa shape index (κ3) is 2.26. The Labute approximate surface area is 132 Å². The molecule has 0 aliphatic carbocycles. The first-order chi connectivity index (χ1) is 10.6. The van der Waals surface area contributed by atoms with Gasteiger partial charge in [-0.15, -0.1) is 0 Å². The molecule has 3 atom stereocenters. The number of hydrogen-bond donors (Lipinski definition) is 0. The van der Waals surface area contributed by atoms with Gasteiger partial charge in [0.1, 0.15) is 12.7 Å². The van der Waals surface area contributed by atoms with Gasteiger partial charge in [0.15, 0.2) is 0 Å². The van der Waals surface area contributed by atoms with Crippen LogP contribution < -0.4 is 10.6 Å². The summed E-state index contributed by atoms with van der Waals surface area (Å²) < 4.78 is 20.2. The van der Waals surface area contributed by atoms with E-state index < -0.39 is 7.14 Å². The zero-order valence-electron chi connectivity index (χ0n) is 13.4. The lowest BCUT2D eigenvalue weighted by atomic mass is 9.99. The summed E-state index contributed by atoms with van der Waals surface area (Å²) in [6.45, 7) is 6.30. The standard InChI is InChI=1S/C19H23O2P/c1-4-19(15(2)21-19)16(3)22(20,17-11-7-5-8-12-17)18-13-9-6-10-14-18/h5-16H,4H2,1-3H3/t15-,16-,19+/m1/s1.